The molecule has 6 rings (SSSR count). The van der Waals surface area contributed by atoms with E-state index in [0.29, 0.717) is 0 Å². The third-order valence-corrected chi connectivity index (χ3v) is 5.99. The van der Waals surface area contributed by atoms with Crippen molar-refractivity contribution >= 4 is 43.9 Å². The predicted molar refractivity (Wildman–Crippen MR) is 127 cm³/mol. The summed E-state index contributed by atoms with van der Waals surface area (Å²) in [5.74, 6) is 0. The topological polar surface area (TPSA) is 80.2 Å². The van der Waals surface area contributed by atoms with Gasteiger partial charge in [0.1, 0.15) is 0 Å². The first-order chi connectivity index (χ1) is 15.5. The molecule has 2 heterocycles. The van der Waals surface area contributed by atoms with Crippen LogP contribution in [0.25, 0.3) is 45.1 Å². The minimum atomic E-state index is -4.11. The van der Waals surface area contributed by atoms with E-state index in [1.54, 1.807) is 6.07 Å². The monoisotopic (exact) mass is 630 g/mol. The molecule has 5 nitrogen and oxygen atoms in total. The van der Waals surface area contributed by atoms with E-state index in [0.717, 1.165) is 16.8 Å². The standard InChI is InChI=1S/C21H12N.C5H5NO3S.Ir/c1-2-8-17-14(5-1)6-3-9-18(17)20-13-16-12-11-15-7-4-10-19(22-20)21(15)16;7-10(8,9)5-3-1-2-4-6-5;/h1-8,10-13H;1-4H,(H,7,8,9);/q-1;;. The molecule has 1 aliphatic rings. The second kappa shape index (κ2) is 9.33. The number of rotatable bonds is 2. The predicted octanol–water partition coefficient (Wildman–Crippen LogP) is 5.66. The molecule has 1 radical (unpaired) electrons. The summed E-state index contributed by atoms with van der Waals surface area (Å²) in [7, 11) is -4.11. The zero-order valence-corrected chi connectivity index (χ0v) is 20.3. The molecule has 0 bridgehead atoms. The van der Waals surface area contributed by atoms with Crippen LogP contribution < -0.4 is 0 Å². The van der Waals surface area contributed by atoms with Gasteiger partial charge in [-0.05, 0) is 35.0 Å². The molecular weight excluding hydrogens is 613 g/mol. The van der Waals surface area contributed by atoms with Crippen molar-refractivity contribution in [1.29, 1.82) is 0 Å². The van der Waals surface area contributed by atoms with Crippen LogP contribution in [-0.2, 0) is 30.2 Å². The van der Waals surface area contributed by atoms with Crippen LogP contribution in [0.3, 0.4) is 0 Å². The molecule has 1 N–H and O–H groups in total. The fourth-order valence-corrected chi connectivity index (χ4v) is 4.24. The van der Waals surface area contributed by atoms with E-state index in [1.165, 1.54) is 45.6 Å². The van der Waals surface area contributed by atoms with Gasteiger partial charge in [0.25, 0.3) is 0 Å². The van der Waals surface area contributed by atoms with Gasteiger partial charge in [-0.2, -0.15) is 8.42 Å². The van der Waals surface area contributed by atoms with E-state index in [-0.39, 0.29) is 25.1 Å². The van der Waals surface area contributed by atoms with E-state index >= 15 is 0 Å². The van der Waals surface area contributed by atoms with Crippen LogP contribution in [0.2, 0.25) is 0 Å². The zero-order chi connectivity index (χ0) is 22.1. The van der Waals surface area contributed by atoms with E-state index in [1.807, 2.05) is 6.07 Å². The largest absolute Gasteiger partial charge is 0.312 e. The van der Waals surface area contributed by atoms with Gasteiger partial charge in [-0.3, -0.25) is 9.54 Å². The zero-order valence-electron chi connectivity index (χ0n) is 17.1. The number of hydrogen-bond acceptors (Lipinski definition) is 4. The van der Waals surface area contributed by atoms with E-state index < -0.39 is 10.1 Å². The summed E-state index contributed by atoms with van der Waals surface area (Å²) in [5, 5.41) is 3.35. The van der Waals surface area contributed by atoms with Gasteiger partial charge in [-0.15, -0.1) is 29.1 Å². The average Bonchev–Trinajstić information content (AvgIpc) is 3.24. The van der Waals surface area contributed by atoms with Crippen molar-refractivity contribution < 1.29 is 33.1 Å². The van der Waals surface area contributed by atoms with Crippen molar-refractivity contribution in [2.75, 3.05) is 0 Å². The Hall–Kier alpha value is -3.22. The van der Waals surface area contributed by atoms with Gasteiger partial charge >= 0.3 is 10.1 Å². The van der Waals surface area contributed by atoms with Crippen LogP contribution in [0.4, 0.5) is 0 Å². The molecule has 7 heteroatoms. The van der Waals surface area contributed by atoms with Gasteiger partial charge in [-0.25, -0.2) is 4.98 Å². The Bertz CT molecular complexity index is 1600. The summed E-state index contributed by atoms with van der Waals surface area (Å²) in [6.45, 7) is 0. The van der Waals surface area contributed by atoms with Crippen molar-refractivity contribution in [3.05, 3.63) is 102 Å². The Kier molecular flexibility index (Phi) is 6.49. The van der Waals surface area contributed by atoms with Crippen LogP contribution in [-0.4, -0.2) is 22.9 Å². The average molecular weight is 630 g/mol. The summed E-state index contributed by atoms with van der Waals surface area (Å²) in [6, 6.07) is 28.6. The second-order valence-electron chi connectivity index (χ2n) is 7.25. The SMILES string of the molecule is O=S(=O)(O)c1ccccn1.[Ir].[c-]1ccc2ccccc2c1-c1cc2c3c(cccc3n1)C=C2. The molecule has 3 aromatic carbocycles. The van der Waals surface area contributed by atoms with E-state index in [9.17, 15) is 8.42 Å². The van der Waals surface area contributed by atoms with Crippen LogP contribution >= 0.6 is 0 Å². The van der Waals surface area contributed by atoms with Crippen molar-refractivity contribution in [2.24, 2.45) is 0 Å². The van der Waals surface area contributed by atoms with Crippen LogP contribution in [0.1, 0.15) is 11.1 Å². The summed E-state index contributed by atoms with van der Waals surface area (Å²) in [4.78, 5) is 8.30. The maximum Gasteiger partial charge on any atom is 0.312 e. The molecular formula is C26H17IrN2O3S-. The Labute approximate surface area is 204 Å². The molecule has 0 fully saturated rings. The minimum Gasteiger partial charge on any atom is -0.296 e. The molecule has 0 spiro atoms. The summed E-state index contributed by atoms with van der Waals surface area (Å²) in [5.41, 5.74) is 5.62. The molecule has 0 atom stereocenters. The molecule has 0 amide bonds. The number of benzene rings is 3. The summed E-state index contributed by atoms with van der Waals surface area (Å²) < 4.78 is 29.1. The number of aromatic nitrogens is 2. The summed E-state index contributed by atoms with van der Waals surface area (Å²) in [6.07, 6.45) is 5.63. The maximum absolute atomic E-state index is 10.3. The normalized spacial score (nSPS) is 11.7. The van der Waals surface area contributed by atoms with Gasteiger partial charge in [0.15, 0.2) is 5.03 Å². The first kappa shape index (κ1) is 23.0. The first-order valence-electron chi connectivity index (χ1n) is 9.91. The van der Waals surface area contributed by atoms with E-state index in [4.69, 9.17) is 9.54 Å². The number of hydrogen-bond donors (Lipinski definition) is 1. The molecule has 1 aliphatic carbocycles. The minimum absolute atomic E-state index is 0. The maximum atomic E-state index is 10.3. The molecule has 0 aliphatic heterocycles. The third-order valence-electron chi connectivity index (χ3n) is 5.22. The fraction of sp³-hybridized carbons (Fsp3) is 0. The van der Waals surface area contributed by atoms with Gasteiger partial charge in [-0.1, -0.05) is 66.1 Å². The van der Waals surface area contributed by atoms with Crippen molar-refractivity contribution in [2.45, 2.75) is 5.03 Å². The van der Waals surface area contributed by atoms with E-state index in [2.05, 4.69) is 77.8 Å². The Morgan fingerprint density at radius 2 is 1.64 bits per heavy atom. The first-order valence-corrected chi connectivity index (χ1v) is 11.3. The quantitative estimate of drug-likeness (QED) is 0.198. The Morgan fingerprint density at radius 1 is 0.848 bits per heavy atom. The van der Waals surface area contributed by atoms with Crippen molar-refractivity contribution in [1.82, 2.24) is 9.97 Å². The molecule has 0 saturated heterocycles. The fourth-order valence-electron chi connectivity index (χ4n) is 3.80. The molecule has 165 valence electrons. The number of nitrogens with zero attached hydrogens (tertiary/aromatic N) is 2. The van der Waals surface area contributed by atoms with Crippen molar-refractivity contribution in [3.8, 4) is 11.3 Å². The smallest absolute Gasteiger partial charge is 0.296 e. The van der Waals surface area contributed by atoms with Gasteiger partial charge in [0, 0.05) is 31.7 Å². The molecule has 2 aromatic heterocycles. The van der Waals surface area contributed by atoms with Crippen LogP contribution in [0.15, 0.2) is 90.1 Å². The van der Waals surface area contributed by atoms with Gasteiger partial charge < -0.3 is 0 Å². The van der Waals surface area contributed by atoms with Crippen LogP contribution in [0, 0.1) is 6.07 Å². The Balaban J connectivity index is 0.000000201. The summed E-state index contributed by atoms with van der Waals surface area (Å²) >= 11 is 0. The van der Waals surface area contributed by atoms with Crippen LogP contribution in [0.5, 0.6) is 0 Å². The molecule has 5 aromatic rings. The second-order valence-corrected chi connectivity index (χ2v) is 8.62. The number of fused-ring (bicyclic) bond motifs is 1. The van der Waals surface area contributed by atoms with Crippen molar-refractivity contribution in [3.63, 3.8) is 0 Å². The molecule has 0 unspecified atom stereocenters. The van der Waals surface area contributed by atoms with Gasteiger partial charge in [0.05, 0.1) is 5.52 Å². The Morgan fingerprint density at radius 3 is 2.39 bits per heavy atom. The van der Waals surface area contributed by atoms with Gasteiger partial charge in [0.2, 0.25) is 0 Å². The third kappa shape index (κ3) is 4.63. The molecule has 0 saturated carbocycles. The molecule has 33 heavy (non-hydrogen) atoms. The number of pyridine rings is 2.